The van der Waals surface area contributed by atoms with Crippen molar-refractivity contribution in [2.75, 3.05) is 12.5 Å². The normalized spacial score (nSPS) is 20.1. The second kappa shape index (κ2) is 5.62. The van der Waals surface area contributed by atoms with Gasteiger partial charge >= 0.3 is 0 Å². The molecule has 1 rings (SSSR count). The van der Waals surface area contributed by atoms with Crippen LogP contribution >= 0.6 is 11.6 Å². The third kappa shape index (κ3) is 3.78. The Balaban J connectivity index is 1.97. The average molecular weight is 175 g/mol. The van der Waals surface area contributed by atoms with Crippen LogP contribution in [0.1, 0.15) is 25.7 Å². The molecule has 1 saturated carbocycles. The maximum Gasteiger partial charge on any atom is 0.0651 e. The van der Waals surface area contributed by atoms with Crippen molar-refractivity contribution < 1.29 is 4.74 Å². The fraction of sp³-hybridized carbons (Fsp3) is 0.778. The Bertz CT molecular complexity index is 117. The minimum atomic E-state index is 0.523. The molecule has 0 saturated heterocycles. The van der Waals surface area contributed by atoms with Crippen LogP contribution in [-0.2, 0) is 4.74 Å². The van der Waals surface area contributed by atoms with Crippen LogP contribution in [0.25, 0.3) is 0 Å². The summed E-state index contributed by atoms with van der Waals surface area (Å²) in [5, 5.41) is 0. The molecule has 0 aromatic rings. The summed E-state index contributed by atoms with van der Waals surface area (Å²) >= 11 is 5.45. The molecule has 1 fully saturated rings. The molecule has 0 atom stereocenters. The smallest absolute Gasteiger partial charge is 0.0651 e. The molecule has 0 aliphatic heterocycles. The van der Waals surface area contributed by atoms with Crippen molar-refractivity contribution in [3.63, 3.8) is 0 Å². The Kier molecular flexibility index (Phi) is 4.64. The number of hydrogen-bond acceptors (Lipinski definition) is 1. The van der Waals surface area contributed by atoms with E-state index in [1.165, 1.54) is 25.7 Å². The Morgan fingerprint density at radius 2 is 2.00 bits per heavy atom. The van der Waals surface area contributed by atoms with Gasteiger partial charge in [0.15, 0.2) is 0 Å². The molecule has 64 valence electrons. The van der Waals surface area contributed by atoms with Gasteiger partial charge in [0.1, 0.15) is 0 Å². The lowest BCUT2D eigenvalue weighted by Gasteiger charge is -2.07. The van der Waals surface area contributed by atoms with Gasteiger partial charge in [-0.15, -0.1) is 11.6 Å². The predicted octanol–water partition coefficient (Wildman–Crippen LogP) is 2.74. The van der Waals surface area contributed by atoms with Crippen molar-refractivity contribution in [2.24, 2.45) is 0 Å². The molecule has 0 spiro atoms. The Morgan fingerprint density at radius 3 is 2.64 bits per heavy atom. The molecule has 0 bridgehead atoms. The number of alkyl halides is 1. The second-order valence-corrected chi connectivity index (χ2v) is 3.17. The molecule has 0 N–H and O–H groups in total. The van der Waals surface area contributed by atoms with E-state index >= 15 is 0 Å². The number of halogens is 1. The standard InChI is InChI=1S/C9H15ClO/c10-7-3-4-8-11-9-5-1-2-6-9/h3-4,9H,1-2,5-8H2. The lowest BCUT2D eigenvalue weighted by atomic mass is 10.3. The van der Waals surface area contributed by atoms with Gasteiger partial charge in [-0.25, -0.2) is 0 Å². The van der Waals surface area contributed by atoms with Crippen LogP contribution in [0.5, 0.6) is 0 Å². The van der Waals surface area contributed by atoms with Gasteiger partial charge < -0.3 is 4.74 Å². The number of ether oxygens (including phenoxy) is 1. The van der Waals surface area contributed by atoms with Crippen LogP contribution in [-0.4, -0.2) is 18.6 Å². The SMILES string of the molecule is ClCC=CCOC1CCCC1. The summed E-state index contributed by atoms with van der Waals surface area (Å²) < 4.78 is 5.56. The van der Waals surface area contributed by atoms with Gasteiger partial charge in [0.05, 0.1) is 12.7 Å². The monoisotopic (exact) mass is 174 g/mol. The van der Waals surface area contributed by atoms with Gasteiger partial charge in [0.25, 0.3) is 0 Å². The van der Waals surface area contributed by atoms with Gasteiger partial charge in [-0.1, -0.05) is 25.0 Å². The molecule has 1 aliphatic rings. The molecule has 1 aliphatic carbocycles. The predicted molar refractivity (Wildman–Crippen MR) is 48.1 cm³/mol. The van der Waals surface area contributed by atoms with Crippen molar-refractivity contribution in [1.82, 2.24) is 0 Å². The van der Waals surface area contributed by atoms with Crippen molar-refractivity contribution in [3.05, 3.63) is 12.2 Å². The quantitative estimate of drug-likeness (QED) is 0.471. The maximum atomic E-state index is 5.56. The van der Waals surface area contributed by atoms with E-state index in [0.29, 0.717) is 12.0 Å². The molecule has 0 amide bonds. The zero-order chi connectivity index (χ0) is 7.94. The largest absolute Gasteiger partial charge is 0.374 e. The summed E-state index contributed by atoms with van der Waals surface area (Å²) in [6.07, 6.45) is 9.61. The van der Waals surface area contributed by atoms with E-state index in [9.17, 15) is 0 Å². The lowest BCUT2D eigenvalue weighted by Crippen LogP contribution is -2.06. The van der Waals surface area contributed by atoms with Crippen LogP contribution in [0.2, 0.25) is 0 Å². The third-order valence-corrected chi connectivity index (χ3v) is 2.16. The Morgan fingerprint density at radius 1 is 1.27 bits per heavy atom. The van der Waals surface area contributed by atoms with E-state index in [1.807, 2.05) is 12.2 Å². The highest BCUT2D eigenvalue weighted by Crippen LogP contribution is 2.20. The Hall–Kier alpha value is -0.0100. The summed E-state index contributed by atoms with van der Waals surface area (Å²) in [5.74, 6) is 0.591. The highest BCUT2D eigenvalue weighted by molar-refractivity contribution is 6.18. The maximum absolute atomic E-state index is 5.56. The third-order valence-electron chi connectivity index (χ3n) is 1.99. The first-order valence-corrected chi connectivity index (χ1v) is 4.79. The van der Waals surface area contributed by atoms with Crippen molar-refractivity contribution in [2.45, 2.75) is 31.8 Å². The molecule has 0 radical (unpaired) electrons. The summed E-state index contributed by atoms with van der Waals surface area (Å²) in [4.78, 5) is 0. The minimum absolute atomic E-state index is 0.523. The Labute approximate surface area is 73.4 Å². The molecular weight excluding hydrogens is 160 g/mol. The van der Waals surface area contributed by atoms with Gasteiger partial charge in [-0.3, -0.25) is 0 Å². The summed E-state index contributed by atoms with van der Waals surface area (Å²) in [6, 6.07) is 0. The molecule has 11 heavy (non-hydrogen) atoms. The summed E-state index contributed by atoms with van der Waals surface area (Å²) in [7, 11) is 0. The topological polar surface area (TPSA) is 9.23 Å². The second-order valence-electron chi connectivity index (χ2n) is 2.87. The first kappa shape index (κ1) is 9.08. The van der Waals surface area contributed by atoms with Crippen LogP contribution in [0.4, 0.5) is 0 Å². The average Bonchev–Trinajstić information content (AvgIpc) is 2.50. The van der Waals surface area contributed by atoms with E-state index in [-0.39, 0.29) is 0 Å². The van der Waals surface area contributed by atoms with Crippen LogP contribution in [0.15, 0.2) is 12.2 Å². The van der Waals surface area contributed by atoms with E-state index in [1.54, 1.807) is 0 Å². The number of allylic oxidation sites excluding steroid dienone is 1. The van der Waals surface area contributed by atoms with Gasteiger partial charge in [0, 0.05) is 5.88 Å². The number of hydrogen-bond donors (Lipinski definition) is 0. The van der Waals surface area contributed by atoms with E-state index < -0.39 is 0 Å². The molecular formula is C9H15ClO. The van der Waals surface area contributed by atoms with Gasteiger partial charge in [-0.2, -0.15) is 0 Å². The molecule has 0 unspecified atom stereocenters. The van der Waals surface area contributed by atoms with Crippen LogP contribution in [0, 0.1) is 0 Å². The fourth-order valence-electron chi connectivity index (χ4n) is 1.38. The molecule has 1 nitrogen and oxygen atoms in total. The van der Waals surface area contributed by atoms with Gasteiger partial charge in [-0.05, 0) is 12.8 Å². The highest BCUT2D eigenvalue weighted by Gasteiger charge is 2.13. The fourth-order valence-corrected chi connectivity index (χ4v) is 1.50. The summed E-state index contributed by atoms with van der Waals surface area (Å²) in [5.41, 5.74) is 0. The zero-order valence-corrected chi connectivity index (χ0v) is 7.52. The van der Waals surface area contributed by atoms with Crippen molar-refractivity contribution in [3.8, 4) is 0 Å². The van der Waals surface area contributed by atoms with Crippen molar-refractivity contribution >= 4 is 11.6 Å². The van der Waals surface area contributed by atoms with Crippen molar-refractivity contribution in [1.29, 1.82) is 0 Å². The highest BCUT2D eigenvalue weighted by atomic mass is 35.5. The molecule has 0 aromatic carbocycles. The molecule has 2 heteroatoms. The van der Waals surface area contributed by atoms with E-state index in [2.05, 4.69) is 0 Å². The first-order chi connectivity index (χ1) is 5.43. The molecule has 0 heterocycles. The van der Waals surface area contributed by atoms with Crippen LogP contribution in [0.3, 0.4) is 0 Å². The molecule has 0 aromatic heterocycles. The van der Waals surface area contributed by atoms with Crippen LogP contribution < -0.4 is 0 Å². The zero-order valence-electron chi connectivity index (χ0n) is 6.76. The first-order valence-electron chi connectivity index (χ1n) is 4.26. The number of rotatable bonds is 4. The minimum Gasteiger partial charge on any atom is -0.374 e. The van der Waals surface area contributed by atoms with Gasteiger partial charge in [0.2, 0.25) is 0 Å². The van der Waals surface area contributed by atoms with E-state index in [4.69, 9.17) is 16.3 Å². The lowest BCUT2D eigenvalue weighted by molar-refractivity contribution is 0.0800. The summed E-state index contributed by atoms with van der Waals surface area (Å²) in [6.45, 7) is 0.734. The van der Waals surface area contributed by atoms with E-state index in [0.717, 1.165) is 6.61 Å².